The monoisotopic (exact) mass is 256 g/mol. The Morgan fingerprint density at radius 1 is 1.21 bits per heavy atom. The summed E-state index contributed by atoms with van der Waals surface area (Å²) in [7, 11) is 0. The minimum Gasteiger partial charge on any atom is -0.491 e. The second kappa shape index (κ2) is 6.02. The normalized spacial score (nSPS) is 19.5. The quantitative estimate of drug-likeness (QED) is 0.912. The zero-order chi connectivity index (χ0) is 12.9. The number of nitrogens with one attached hydrogen (secondary N) is 1. The maximum Gasteiger partial charge on any atom is 0.145 e. The van der Waals surface area contributed by atoms with Gasteiger partial charge in [0.25, 0.3) is 0 Å². The first kappa shape index (κ1) is 12.4. The van der Waals surface area contributed by atoms with E-state index in [0.717, 1.165) is 36.2 Å². The molecule has 1 atom stereocenters. The Morgan fingerprint density at radius 2 is 2.16 bits per heavy atom. The van der Waals surface area contributed by atoms with Gasteiger partial charge < -0.3 is 10.1 Å². The molecule has 3 heteroatoms. The molecule has 1 aliphatic heterocycles. The van der Waals surface area contributed by atoms with Gasteiger partial charge in [-0.25, -0.2) is 0 Å². The molecule has 1 N–H and O–H groups in total. The summed E-state index contributed by atoms with van der Waals surface area (Å²) in [6, 6.07) is 10.7. The number of rotatable bonds is 4. The molecule has 1 fully saturated rings. The lowest BCUT2D eigenvalue weighted by Crippen LogP contribution is -2.35. The number of ether oxygens (including phenoxy) is 1. The molecule has 2 heterocycles. The molecule has 0 amide bonds. The first-order valence-corrected chi connectivity index (χ1v) is 7.13. The number of benzene rings is 1. The van der Waals surface area contributed by atoms with Crippen LogP contribution in [0.4, 0.5) is 0 Å². The highest BCUT2D eigenvalue weighted by Gasteiger charge is 2.12. The number of pyridine rings is 1. The van der Waals surface area contributed by atoms with Crippen LogP contribution >= 0.6 is 0 Å². The summed E-state index contributed by atoms with van der Waals surface area (Å²) in [4.78, 5) is 4.41. The van der Waals surface area contributed by atoms with Crippen LogP contribution in [-0.2, 0) is 0 Å². The second-order valence-electron chi connectivity index (χ2n) is 5.12. The molecule has 2 aromatic rings. The van der Waals surface area contributed by atoms with Gasteiger partial charge in [-0.1, -0.05) is 24.6 Å². The highest BCUT2D eigenvalue weighted by molar-refractivity contribution is 5.84. The van der Waals surface area contributed by atoms with Crippen molar-refractivity contribution in [3.8, 4) is 5.75 Å². The van der Waals surface area contributed by atoms with Crippen molar-refractivity contribution >= 4 is 10.9 Å². The van der Waals surface area contributed by atoms with Gasteiger partial charge in [0.2, 0.25) is 0 Å². The van der Waals surface area contributed by atoms with Crippen LogP contribution in [0.15, 0.2) is 36.5 Å². The zero-order valence-electron chi connectivity index (χ0n) is 11.1. The van der Waals surface area contributed by atoms with Gasteiger partial charge in [-0.05, 0) is 37.9 Å². The van der Waals surface area contributed by atoms with Crippen LogP contribution in [0.25, 0.3) is 10.9 Å². The van der Waals surface area contributed by atoms with E-state index in [0.29, 0.717) is 6.04 Å². The lowest BCUT2D eigenvalue weighted by atomic mass is 10.0. The van der Waals surface area contributed by atoms with Crippen molar-refractivity contribution in [3.05, 3.63) is 36.5 Å². The fraction of sp³-hybridized carbons (Fsp3) is 0.438. The predicted molar refractivity (Wildman–Crippen MR) is 77.5 cm³/mol. The van der Waals surface area contributed by atoms with Crippen molar-refractivity contribution in [2.75, 3.05) is 13.2 Å². The third-order valence-electron chi connectivity index (χ3n) is 3.73. The molecular formula is C16H20N2O. The summed E-state index contributed by atoms with van der Waals surface area (Å²) in [5.41, 5.74) is 0.960. The summed E-state index contributed by atoms with van der Waals surface area (Å²) in [5.74, 6) is 0.897. The molecule has 1 aromatic heterocycles. The maximum absolute atomic E-state index is 5.92. The van der Waals surface area contributed by atoms with Crippen molar-refractivity contribution in [3.63, 3.8) is 0 Å². The van der Waals surface area contributed by atoms with E-state index < -0.39 is 0 Å². The van der Waals surface area contributed by atoms with E-state index in [1.54, 1.807) is 0 Å². The Hall–Kier alpha value is -1.61. The standard InChI is InChI=1S/C16H20N2O/c1-2-10-17-14(7-1)9-12-19-15-8-3-5-13-6-4-11-18-16(13)15/h3-6,8,11,14,17H,1-2,7,9-10,12H2/t14-/m0/s1. The highest BCUT2D eigenvalue weighted by atomic mass is 16.5. The summed E-state index contributed by atoms with van der Waals surface area (Å²) in [6.07, 6.45) is 6.82. The number of fused-ring (bicyclic) bond motifs is 1. The summed E-state index contributed by atoms with van der Waals surface area (Å²) in [5, 5.41) is 4.68. The smallest absolute Gasteiger partial charge is 0.145 e. The molecule has 100 valence electrons. The van der Waals surface area contributed by atoms with Gasteiger partial charge in [0.05, 0.1) is 6.61 Å². The van der Waals surface area contributed by atoms with Crippen LogP contribution in [0.2, 0.25) is 0 Å². The van der Waals surface area contributed by atoms with Crippen molar-refractivity contribution in [2.45, 2.75) is 31.7 Å². The lowest BCUT2D eigenvalue weighted by Gasteiger charge is -2.23. The number of para-hydroxylation sites is 1. The Morgan fingerprint density at radius 3 is 3.05 bits per heavy atom. The van der Waals surface area contributed by atoms with Gasteiger partial charge in [-0.2, -0.15) is 0 Å². The lowest BCUT2D eigenvalue weighted by molar-refractivity contribution is 0.270. The predicted octanol–water partition coefficient (Wildman–Crippen LogP) is 3.15. The topological polar surface area (TPSA) is 34.1 Å². The van der Waals surface area contributed by atoms with Gasteiger partial charge in [0.1, 0.15) is 11.3 Å². The molecule has 0 unspecified atom stereocenters. The molecule has 0 radical (unpaired) electrons. The summed E-state index contributed by atoms with van der Waals surface area (Å²) in [6.45, 7) is 1.91. The minimum absolute atomic E-state index is 0.622. The maximum atomic E-state index is 5.92. The Balaban J connectivity index is 1.62. The van der Waals surface area contributed by atoms with Gasteiger partial charge in [0.15, 0.2) is 0 Å². The minimum atomic E-state index is 0.622. The summed E-state index contributed by atoms with van der Waals surface area (Å²) >= 11 is 0. The number of piperidine rings is 1. The number of hydrogen-bond donors (Lipinski definition) is 1. The van der Waals surface area contributed by atoms with Crippen molar-refractivity contribution in [1.29, 1.82) is 0 Å². The van der Waals surface area contributed by atoms with Crippen LogP contribution in [-0.4, -0.2) is 24.2 Å². The molecule has 19 heavy (non-hydrogen) atoms. The third kappa shape index (κ3) is 3.04. The van der Waals surface area contributed by atoms with E-state index in [9.17, 15) is 0 Å². The van der Waals surface area contributed by atoms with E-state index >= 15 is 0 Å². The number of hydrogen-bond acceptors (Lipinski definition) is 3. The molecule has 3 rings (SSSR count). The van der Waals surface area contributed by atoms with Gasteiger partial charge in [-0.15, -0.1) is 0 Å². The van der Waals surface area contributed by atoms with E-state index in [1.807, 2.05) is 24.4 Å². The van der Waals surface area contributed by atoms with Gasteiger partial charge in [-0.3, -0.25) is 4.98 Å². The van der Waals surface area contributed by atoms with Gasteiger partial charge >= 0.3 is 0 Å². The Bertz CT molecular complexity index is 530. The van der Waals surface area contributed by atoms with Crippen molar-refractivity contribution in [1.82, 2.24) is 10.3 Å². The third-order valence-corrected chi connectivity index (χ3v) is 3.73. The molecule has 0 bridgehead atoms. The number of aromatic nitrogens is 1. The Kier molecular flexibility index (Phi) is 3.94. The van der Waals surface area contributed by atoms with Crippen LogP contribution < -0.4 is 10.1 Å². The molecule has 0 aliphatic carbocycles. The fourth-order valence-corrected chi connectivity index (χ4v) is 2.67. The fourth-order valence-electron chi connectivity index (χ4n) is 2.67. The van der Waals surface area contributed by atoms with E-state index in [4.69, 9.17) is 4.74 Å². The van der Waals surface area contributed by atoms with Crippen LogP contribution in [0.1, 0.15) is 25.7 Å². The molecule has 3 nitrogen and oxygen atoms in total. The van der Waals surface area contributed by atoms with Crippen LogP contribution in [0.5, 0.6) is 5.75 Å². The molecule has 0 spiro atoms. The first-order valence-electron chi connectivity index (χ1n) is 7.13. The average molecular weight is 256 g/mol. The molecule has 1 aromatic carbocycles. The van der Waals surface area contributed by atoms with Crippen LogP contribution in [0.3, 0.4) is 0 Å². The van der Waals surface area contributed by atoms with Crippen molar-refractivity contribution in [2.24, 2.45) is 0 Å². The average Bonchev–Trinajstić information content (AvgIpc) is 2.49. The SMILES string of the molecule is c1cnc2c(OCC[C@@H]3CCCCN3)cccc2c1. The molecular weight excluding hydrogens is 236 g/mol. The first-order chi connectivity index (χ1) is 9.43. The zero-order valence-corrected chi connectivity index (χ0v) is 11.1. The summed E-state index contributed by atoms with van der Waals surface area (Å²) < 4.78 is 5.92. The van der Waals surface area contributed by atoms with Gasteiger partial charge in [0, 0.05) is 17.6 Å². The van der Waals surface area contributed by atoms with Crippen LogP contribution in [0, 0.1) is 0 Å². The van der Waals surface area contributed by atoms with Crippen molar-refractivity contribution < 1.29 is 4.74 Å². The number of nitrogens with zero attached hydrogens (tertiary/aromatic N) is 1. The molecule has 0 saturated carbocycles. The van der Waals surface area contributed by atoms with E-state index in [-0.39, 0.29) is 0 Å². The van der Waals surface area contributed by atoms with E-state index in [2.05, 4.69) is 22.4 Å². The Labute approximate surface area is 114 Å². The highest BCUT2D eigenvalue weighted by Crippen LogP contribution is 2.23. The van der Waals surface area contributed by atoms with E-state index in [1.165, 1.54) is 19.3 Å². The molecule has 1 aliphatic rings. The largest absolute Gasteiger partial charge is 0.491 e. The second-order valence-corrected chi connectivity index (χ2v) is 5.12. The molecule has 1 saturated heterocycles.